The van der Waals surface area contributed by atoms with Gasteiger partial charge in [0.05, 0.1) is 5.60 Å². The summed E-state index contributed by atoms with van der Waals surface area (Å²) in [6, 6.07) is 0. The van der Waals surface area contributed by atoms with Crippen molar-refractivity contribution in [3.63, 3.8) is 0 Å². The van der Waals surface area contributed by atoms with Crippen LogP contribution in [0.1, 0.15) is 40.5 Å². The maximum absolute atomic E-state index is 12.0. The van der Waals surface area contributed by atoms with Gasteiger partial charge in [0.25, 0.3) is 0 Å². The Morgan fingerprint density at radius 1 is 1.32 bits per heavy atom. The van der Waals surface area contributed by atoms with Crippen LogP contribution in [0.5, 0.6) is 0 Å². The smallest absolute Gasteiger partial charge is 0.410 e. The largest absolute Gasteiger partial charge is 0.444 e. The lowest BCUT2D eigenvalue weighted by molar-refractivity contribution is -0.135. The number of carbonyl (C=O) groups excluding carboxylic acids is 2. The van der Waals surface area contributed by atoms with Gasteiger partial charge in [-0.25, -0.2) is 4.79 Å². The van der Waals surface area contributed by atoms with Gasteiger partial charge in [-0.05, 0) is 40.5 Å². The topological polar surface area (TPSA) is 67.9 Å². The number of likely N-dealkylation sites (tertiary alicyclic amines) is 1. The van der Waals surface area contributed by atoms with E-state index in [4.69, 9.17) is 9.47 Å². The fraction of sp³-hybridized carbons (Fsp3) is 0.750. The van der Waals surface area contributed by atoms with Crippen molar-refractivity contribution in [3.05, 3.63) is 12.7 Å². The molecule has 1 aliphatic heterocycles. The molecule has 22 heavy (non-hydrogen) atoms. The van der Waals surface area contributed by atoms with Crippen molar-refractivity contribution < 1.29 is 19.1 Å². The summed E-state index contributed by atoms with van der Waals surface area (Å²) in [5.74, 6) is -0.157. The first-order chi connectivity index (χ1) is 10.2. The summed E-state index contributed by atoms with van der Waals surface area (Å²) < 4.78 is 11.1. The summed E-state index contributed by atoms with van der Waals surface area (Å²) in [4.78, 5) is 25.2. The number of amides is 2. The molecule has 0 aromatic heterocycles. The summed E-state index contributed by atoms with van der Waals surface area (Å²) >= 11 is 0. The first-order valence-electron chi connectivity index (χ1n) is 7.65. The van der Waals surface area contributed by atoms with Crippen LogP contribution >= 0.6 is 0 Å². The second-order valence-corrected chi connectivity index (χ2v) is 6.80. The Bertz CT molecular complexity index is 407. The van der Waals surface area contributed by atoms with E-state index in [1.807, 2.05) is 27.7 Å². The van der Waals surface area contributed by atoms with Crippen molar-refractivity contribution in [1.29, 1.82) is 0 Å². The molecule has 0 aromatic carbocycles. The van der Waals surface area contributed by atoms with E-state index in [9.17, 15) is 9.59 Å². The van der Waals surface area contributed by atoms with Crippen LogP contribution in [0.25, 0.3) is 0 Å². The van der Waals surface area contributed by atoms with E-state index in [-0.39, 0.29) is 24.2 Å². The third kappa shape index (κ3) is 6.47. The minimum Gasteiger partial charge on any atom is -0.444 e. The van der Waals surface area contributed by atoms with Crippen LogP contribution in [0.2, 0.25) is 0 Å². The second kappa shape index (κ2) is 7.63. The summed E-state index contributed by atoms with van der Waals surface area (Å²) in [5.41, 5.74) is -0.873. The molecule has 6 nitrogen and oxygen atoms in total. The van der Waals surface area contributed by atoms with Gasteiger partial charge in [-0.2, -0.15) is 0 Å². The van der Waals surface area contributed by atoms with Crippen LogP contribution in [-0.4, -0.2) is 54.3 Å². The molecular formula is C16H28N2O4. The van der Waals surface area contributed by atoms with E-state index >= 15 is 0 Å². The van der Waals surface area contributed by atoms with Crippen molar-refractivity contribution in [2.45, 2.75) is 51.7 Å². The molecule has 0 aliphatic carbocycles. The van der Waals surface area contributed by atoms with Gasteiger partial charge in [0, 0.05) is 19.6 Å². The van der Waals surface area contributed by atoms with E-state index in [2.05, 4.69) is 11.9 Å². The summed E-state index contributed by atoms with van der Waals surface area (Å²) in [7, 11) is 0. The molecule has 0 aromatic rings. The lowest BCUT2D eigenvalue weighted by Gasteiger charge is -2.39. The monoisotopic (exact) mass is 312 g/mol. The first-order valence-corrected chi connectivity index (χ1v) is 7.65. The molecular weight excluding hydrogens is 284 g/mol. The Morgan fingerprint density at radius 3 is 2.41 bits per heavy atom. The molecule has 0 unspecified atom stereocenters. The van der Waals surface area contributed by atoms with Gasteiger partial charge in [-0.1, -0.05) is 6.08 Å². The number of rotatable bonds is 5. The van der Waals surface area contributed by atoms with Gasteiger partial charge in [-0.15, -0.1) is 6.58 Å². The number of nitrogens with one attached hydrogen (secondary N) is 1. The highest BCUT2D eigenvalue weighted by Gasteiger charge is 2.34. The Hall–Kier alpha value is -1.56. The van der Waals surface area contributed by atoms with Crippen molar-refractivity contribution in [2.24, 2.45) is 0 Å². The summed E-state index contributed by atoms with van der Waals surface area (Å²) in [6.45, 7) is 12.7. The molecule has 0 atom stereocenters. The predicted octanol–water partition coefficient (Wildman–Crippen LogP) is 2.09. The van der Waals surface area contributed by atoms with E-state index < -0.39 is 5.60 Å². The highest BCUT2D eigenvalue weighted by Crippen LogP contribution is 2.26. The Morgan fingerprint density at radius 2 is 1.91 bits per heavy atom. The molecule has 1 N–H and O–H groups in total. The van der Waals surface area contributed by atoms with Gasteiger partial charge >= 0.3 is 6.09 Å². The second-order valence-electron chi connectivity index (χ2n) is 6.80. The van der Waals surface area contributed by atoms with Gasteiger partial charge in [0.15, 0.2) is 0 Å². The quantitative estimate of drug-likeness (QED) is 0.789. The van der Waals surface area contributed by atoms with Gasteiger partial charge < -0.3 is 19.7 Å². The zero-order valence-corrected chi connectivity index (χ0v) is 14.1. The number of hydrogen-bond acceptors (Lipinski definition) is 4. The molecule has 1 heterocycles. The molecule has 1 rings (SSSR count). The average Bonchev–Trinajstić information content (AvgIpc) is 2.42. The third-order valence-corrected chi connectivity index (χ3v) is 3.47. The SMILES string of the molecule is C=CCNC(=O)COC1(C)CCN(C(=O)OC(C)(C)C)CC1. The standard InChI is InChI=1S/C16H28N2O4/c1-6-9-17-13(19)12-21-16(5)7-10-18(11-8-16)14(20)22-15(2,3)4/h6H,1,7-12H2,2-5H3,(H,17,19). The average molecular weight is 312 g/mol. The minimum atomic E-state index is -0.489. The van der Waals surface area contributed by atoms with Crippen molar-refractivity contribution in [3.8, 4) is 0 Å². The van der Waals surface area contributed by atoms with E-state index in [0.29, 0.717) is 32.5 Å². The van der Waals surface area contributed by atoms with E-state index in [1.165, 1.54) is 0 Å². The van der Waals surface area contributed by atoms with Crippen LogP contribution in [0.4, 0.5) is 4.79 Å². The fourth-order valence-corrected chi connectivity index (χ4v) is 2.11. The van der Waals surface area contributed by atoms with Crippen LogP contribution < -0.4 is 5.32 Å². The number of piperidine rings is 1. The molecule has 0 radical (unpaired) electrons. The number of carbonyl (C=O) groups is 2. The maximum Gasteiger partial charge on any atom is 0.410 e. The van der Waals surface area contributed by atoms with Gasteiger partial charge in [0.2, 0.25) is 5.91 Å². The molecule has 0 saturated carbocycles. The Balaban J connectivity index is 2.38. The van der Waals surface area contributed by atoms with Gasteiger partial charge in [-0.3, -0.25) is 4.79 Å². The Kier molecular flexibility index (Phi) is 6.41. The normalized spacial score (nSPS) is 17.7. The van der Waals surface area contributed by atoms with E-state index in [1.54, 1.807) is 11.0 Å². The zero-order valence-electron chi connectivity index (χ0n) is 14.1. The van der Waals surface area contributed by atoms with Crippen LogP contribution in [0, 0.1) is 0 Å². The molecule has 6 heteroatoms. The lowest BCUT2D eigenvalue weighted by Crippen LogP contribution is -2.48. The number of nitrogens with zero attached hydrogens (tertiary/aromatic N) is 1. The maximum atomic E-state index is 12.0. The minimum absolute atomic E-state index is 0.0246. The highest BCUT2D eigenvalue weighted by atomic mass is 16.6. The van der Waals surface area contributed by atoms with Crippen molar-refractivity contribution in [2.75, 3.05) is 26.2 Å². The van der Waals surface area contributed by atoms with Crippen LogP contribution in [-0.2, 0) is 14.3 Å². The summed E-state index contributed by atoms with van der Waals surface area (Å²) in [6.07, 6.45) is 2.69. The van der Waals surface area contributed by atoms with Crippen LogP contribution in [0.15, 0.2) is 12.7 Å². The number of ether oxygens (including phenoxy) is 2. The zero-order chi connectivity index (χ0) is 16.8. The highest BCUT2D eigenvalue weighted by molar-refractivity contribution is 5.77. The molecule has 126 valence electrons. The third-order valence-electron chi connectivity index (χ3n) is 3.47. The molecule has 2 amide bonds. The molecule has 1 fully saturated rings. The molecule has 0 bridgehead atoms. The molecule has 0 spiro atoms. The lowest BCUT2D eigenvalue weighted by atomic mass is 9.93. The molecule has 1 aliphatic rings. The first kappa shape index (κ1) is 18.5. The predicted molar refractivity (Wildman–Crippen MR) is 84.6 cm³/mol. The van der Waals surface area contributed by atoms with E-state index in [0.717, 1.165) is 0 Å². The summed E-state index contributed by atoms with van der Waals surface area (Å²) in [5, 5.41) is 2.68. The van der Waals surface area contributed by atoms with Crippen molar-refractivity contribution >= 4 is 12.0 Å². The van der Waals surface area contributed by atoms with Crippen molar-refractivity contribution in [1.82, 2.24) is 10.2 Å². The Labute approximate surface area is 132 Å². The number of hydrogen-bond donors (Lipinski definition) is 1. The fourth-order valence-electron chi connectivity index (χ4n) is 2.11. The molecule has 1 saturated heterocycles. The van der Waals surface area contributed by atoms with Gasteiger partial charge in [0.1, 0.15) is 12.2 Å². The van der Waals surface area contributed by atoms with Crippen LogP contribution in [0.3, 0.4) is 0 Å².